The van der Waals surface area contributed by atoms with Gasteiger partial charge >= 0.3 is 0 Å². The molecule has 9 nitrogen and oxygen atoms in total. The quantitative estimate of drug-likeness (QED) is 0.107. The van der Waals surface area contributed by atoms with E-state index in [1.807, 2.05) is 54.6 Å². The Labute approximate surface area is 205 Å². The zero-order valence-corrected chi connectivity index (χ0v) is 18.9. The molecule has 3 aromatic carbocycles. The molecule has 0 unspecified atom stereocenters. The van der Waals surface area contributed by atoms with Crippen molar-refractivity contribution >= 4 is 45.3 Å². The predicted molar refractivity (Wildman–Crippen MR) is 138 cm³/mol. The van der Waals surface area contributed by atoms with E-state index in [-0.39, 0.29) is 5.69 Å². The third-order valence-electron chi connectivity index (χ3n) is 5.81. The Balaban J connectivity index is 1.51. The number of carbonyl (C=O) groups is 1. The van der Waals surface area contributed by atoms with E-state index in [2.05, 4.69) is 10.3 Å². The average molecular weight is 479 g/mol. The van der Waals surface area contributed by atoms with Crippen molar-refractivity contribution in [2.75, 3.05) is 5.32 Å². The van der Waals surface area contributed by atoms with Crippen LogP contribution in [0.25, 0.3) is 39.1 Å². The highest BCUT2D eigenvalue weighted by Crippen LogP contribution is 2.34. The normalized spacial score (nSPS) is 11.2. The molecule has 5 aromatic rings. The fraction of sp³-hybridized carbons (Fsp3) is 0.0370. The molecule has 0 saturated carbocycles. The number of non-ortho nitro benzene ring substituents is 1. The van der Waals surface area contributed by atoms with Gasteiger partial charge in [0.15, 0.2) is 0 Å². The number of hydroxylamine groups is 1. The third-order valence-corrected chi connectivity index (χ3v) is 5.81. The zero-order chi connectivity index (χ0) is 25.1. The number of nitro groups is 1. The first-order valence-electron chi connectivity index (χ1n) is 11.1. The summed E-state index contributed by atoms with van der Waals surface area (Å²) in [6, 6.07) is 23.9. The highest BCUT2D eigenvalue weighted by Gasteiger charge is 2.15. The standard InChI is InChI=1S/C27H21N5O4/c33-25(31-34)13-8-17-4-3-5-18(14-17)16-28-24-15-22-21-6-1-2-7-23(21)29-27(22)26(30-24)19-9-11-20(12-10-19)32(35)36/h1-15,29,34H,16H2,(H,28,30)(H,31,33)/b13-8+. The Morgan fingerprint density at radius 1 is 1.03 bits per heavy atom. The number of nitrogens with zero attached hydrogens (tertiary/aromatic N) is 2. The molecule has 1 amide bonds. The Hall–Kier alpha value is -5.02. The number of fused-ring (bicyclic) bond motifs is 3. The van der Waals surface area contributed by atoms with Gasteiger partial charge in [-0.1, -0.05) is 36.4 Å². The number of para-hydroxylation sites is 1. The first kappa shape index (κ1) is 22.8. The molecular weight excluding hydrogens is 458 g/mol. The van der Waals surface area contributed by atoms with E-state index in [0.29, 0.717) is 18.1 Å². The molecule has 0 radical (unpaired) electrons. The minimum atomic E-state index is -0.603. The second-order valence-electron chi connectivity index (χ2n) is 8.16. The summed E-state index contributed by atoms with van der Waals surface area (Å²) in [5, 5.41) is 25.2. The smallest absolute Gasteiger partial charge is 0.269 e. The number of anilines is 1. The molecule has 9 heteroatoms. The van der Waals surface area contributed by atoms with Crippen LogP contribution < -0.4 is 10.8 Å². The molecular formula is C27H21N5O4. The van der Waals surface area contributed by atoms with Crippen molar-refractivity contribution in [3.05, 3.63) is 106 Å². The number of aromatic amines is 1. The van der Waals surface area contributed by atoms with Crippen molar-refractivity contribution in [3.8, 4) is 11.3 Å². The summed E-state index contributed by atoms with van der Waals surface area (Å²) in [6.45, 7) is 0.481. The summed E-state index contributed by atoms with van der Waals surface area (Å²) < 4.78 is 0. The number of amides is 1. The van der Waals surface area contributed by atoms with E-state index in [1.54, 1.807) is 23.7 Å². The SMILES string of the molecule is O=C(/C=C/c1cccc(CNc2cc3c([nH]c4ccccc43)c(-c3ccc([N+](=O)[O-])cc3)n2)c1)NO. The van der Waals surface area contributed by atoms with Crippen LogP contribution in [0.3, 0.4) is 0 Å². The van der Waals surface area contributed by atoms with Crippen LogP contribution in [0, 0.1) is 10.1 Å². The first-order chi connectivity index (χ1) is 17.5. The van der Waals surface area contributed by atoms with E-state index in [1.165, 1.54) is 18.2 Å². The molecule has 0 aliphatic carbocycles. The van der Waals surface area contributed by atoms with Gasteiger partial charge in [0.25, 0.3) is 11.6 Å². The van der Waals surface area contributed by atoms with Gasteiger partial charge in [0.05, 0.1) is 16.1 Å². The Kier molecular flexibility index (Phi) is 6.12. The summed E-state index contributed by atoms with van der Waals surface area (Å²) in [6.07, 6.45) is 2.85. The average Bonchev–Trinajstić information content (AvgIpc) is 3.29. The van der Waals surface area contributed by atoms with Gasteiger partial charge in [-0.15, -0.1) is 0 Å². The maximum atomic E-state index is 11.3. The molecule has 0 aliphatic rings. The minimum Gasteiger partial charge on any atom is -0.366 e. The zero-order valence-electron chi connectivity index (χ0n) is 18.9. The molecule has 0 saturated heterocycles. The number of aromatic nitrogens is 2. The lowest BCUT2D eigenvalue weighted by molar-refractivity contribution is -0.384. The van der Waals surface area contributed by atoms with Crippen molar-refractivity contribution in [1.29, 1.82) is 0 Å². The molecule has 0 bridgehead atoms. The van der Waals surface area contributed by atoms with Gasteiger partial charge in [0, 0.05) is 46.6 Å². The number of nitro benzene ring substituents is 1. The maximum absolute atomic E-state index is 11.3. The number of H-pyrrole nitrogens is 1. The van der Waals surface area contributed by atoms with E-state index in [4.69, 9.17) is 10.2 Å². The summed E-state index contributed by atoms with van der Waals surface area (Å²) in [7, 11) is 0. The molecule has 0 spiro atoms. The van der Waals surface area contributed by atoms with Crippen LogP contribution in [0.2, 0.25) is 0 Å². The maximum Gasteiger partial charge on any atom is 0.269 e. The second-order valence-corrected chi connectivity index (χ2v) is 8.16. The van der Waals surface area contributed by atoms with Crippen molar-refractivity contribution in [3.63, 3.8) is 0 Å². The third kappa shape index (κ3) is 4.63. The minimum absolute atomic E-state index is 0.0197. The van der Waals surface area contributed by atoms with E-state index in [0.717, 1.165) is 38.5 Å². The number of nitrogens with one attached hydrogen (secondary N) is 3. The number of carbonyl (C=O) groups excluding carboxylic acids is 1. The van der Waals surface area contributed by atoms with Crippen LogP contribution in [-0.2, 0) is 11.3 Å². The fourth-order valence-corrected chi connectivity index (χ4v) is 4.09. The molecule has 4 N–H and O–H groups in total. The van der Waals surface area contributed by atoms with Crippen molar-refractivity contribution < 1.29 is 14.9 Å². The fourth-order valence-electron chi connectivity index (χ4n) is 4.09. The van der Waals surface area contributed by atoms with E-state index >= 15 is 0 Å². The lowest BCUT2D eigenvalue weighted by Crippen LogP contribution is -2.14. The van der Waals surface area contributed by atoms with Gasteiger partial charge in [-0.2, -0.15) is 0 Å². The molecule has 178 valence electrons. The van der Waals surface area contributed by atoms with Gasteiger partial charge in [0.1, 0.15) is 5.82 Å². The predicted octanol–water partition coefficient (Wildman–Crippen LogP) is 5.42. The van der Waals surface area contributed by atoms with Gasteiger partial charge in [-0.25, -0.2) is 10.5 Å². The second kappa shape index (κ2) is 9.69. The molecule has 0 fully saturated rings. The Bertz CT molecular complexity index is 1620. The van der Waals surface area contributed by atoms with Gasteiger partial charge in [0.2, 0.25) is 0 Å². The van der Waals surface area contributed by atoms with Crippen molar-refractivity contribution in [2.45, 2.75) is 6.54 Å². The summed E-state index contributed by atoms with van der Waals surface area (Å²) in [5.41, 5.74) is 6.64. The van der Waals surface area contributed by atoms with Gasteiger partial charge < -0.3 is 10.3 Å². The number of hydrogen-bond donors (Lipinski definition) is 4. The van der Waals surface area contributed by atoms with Gasteiger partial charge in [-0.3, -0.25) is 20.1 Å². The highest BCUT2D eigenvalue weighted by atomic mass is 16.6. The van der Waals surface area contributed by atoms with Crippen LogP contribution in [-0.4, -0.2) is 26.0 Å². The lowest BCUT2D eigenvalue weighted by Gasteiger charge is -2.10. The molecule has 5 rings (SSSR count). The molecule has 0 atom stereocenters. The van der Waals surface area contributed by atoms with Crippen molar-refractivity contribution in [2.24, 2.45) is 0 Å². The van der Waals surface area contributed by atoms with Crippen molar-refractivity contribution in [1.82, 2.24) is 15.4 Å². The Morgan fingerprint density at radius 2 is 1.83 bits per heavy atom. The molecule has 0 aliphatic heterocycles. The topological polar surface area (TPSA) is 133 Å². The summed E-state index contributed by atoms with van der Waals surface area (Å²) in [4.78, 5) is 30.2. The molecule has 2 aromatic heterocycles. The lowest BCUT2D eigenvalue weighted by atomic mass is 10.1. The molecule has 36 heavy (non-hydrogen) atoms. The van der Waals surface area contributed by atoms with Crippen LogP contribution in [0.4, 0.5) is 11.5 Å². The first-order valence-corrected chi connectivity index (χ1v) is 11.1. The Morgan fingerprint density at radius 3 is 2.61 bits per heavy atom. The number of pyridine rings is 1. The highest BCUT2D eigenvalue weighted by molar-refractivity contribution is 6.11. The number of rotatable bonds is 7. The number of hydrogen-bond acceptors (Lipinski definition) is 6. The monoisotopic (exact) mass is 479 g/mol. The largest absolute Gasteiger partial charge is 0.366 e. The molecule has 2 heterocycles. The van der Waals surface area contributed by atoms with E-state index in [9.17, 15) is 14.9 Å². The van der Waals surface area contributed by atoms with Gasteiger partial charge in [-0.05, 0) is 47.5 Å². The van der Waals surface area contributed by atoms with Crippen LogP contribution in [0.1, 0.15) is 11.1 Å². The van der Waals surface area contributed by atoms with E-state index < -0.39 is 10.8 Å². The van der Waals surface area contributed by atoms with Crippen LogP contribution in [0.5, 0.6) is 0 Å². The van der Waals surface area contributed by atoms with Crippen LogP contribution in [0.15, 0.2) is 84.9 Å². The summed E-state index contributed by atoms with van der Waals surface area (Å²) >= 11 is 0. The number of benzene rings is 3. The summed E-state index contributed by atoms with van der Waals surface area (Å²) in [5.74, 6) is 0.0507. The van der Waals surface area contributed by atoms with Crippen LogP contribution >= 0.6 is 0 Å².